The van der Waals surface area contributed by atoms with Crippen molar-refractivity contribution in [3.05, 3.63) is 130 Å². The van der Waals surface area contributed by atoms with Crippen LogP contribution in [0.3, 0.4) is 0 Å². The van der Waals surface area contributed by atoms with E-state index in [9.17, 15) is 0 Å². The van der Waals surface area contributed by atoms with Crippen molar-refractivity contribution in [1.82, 2.24) is 0 Å². The first kappa shape index (κ1) is 40.4. The molecule has 0 unspecified atom stereocenters. The highest BCUT2D eigenvalue weighted by molar-refractivity contribution is 9.09. The number of aryl methyl sites for hydroxylation is 6. The van der Waals surface area contributed by atoms with E-state index in [0.29, 0.717) is 0 Å². The molecule has 0 bridgehead atoms. The molecule has 4 aromatic rings. The summed E-state index contributed by atoms with van der Waals surface area (Å²) in [5.74, 6) is 25.9. The highest BCUT2D eigenvalue weighted by Gasteiger charge is 2.05. The predicted octanol–water partition coefficient (Wildman–Crippen LogP) is 9.90. The number of rotatable bonds is 10. The Kier molecular flexibility index (Phi) is 19.5. The summed E-state index contributed by atoms with van der Waals surface area (Å²) >= 11 is 6.80. The topological polar surface area (TPSA) is 7.76 Å². The van der Waals surface area contributed by atoms with E-state index in [1.807, 2.05) is 24.3 Å². The Bertz CT molecular complexity index is 1780. The molecular formula is C46H50Br2N2+2. The molecule has 2 nitrogen and oxygen atoms in total. The van der Waals surface area contributed by atoms with Gasteiger partial charge in [-0.25, -0.2) is 9.13 Å². The Hall–Kier alpha value is -4.06. The first-order valence-corrected chi connectivity index (χ1v) is 19.8. The standard InChI is InChI=1S/C30H34N2.C16H16Br2/c1-25-16-20-31(27(3)22-25)18-9-5-7-12-29-14-11-15-30(24-29)13-8-6-10-19-32-21-17-26(2)23-28(32)4;17-12-5-1-3-8-15-10-7-11-16(14-15)9-4-2-6-13-18/h11,14-17,20-24H,5-6,9-10,18-19H2,1-4H3;7,10-11,14H,1-2,5-6,12-13H2/q+2;. The van der Waals surface area contributed by atoms with Crippen LogP contribution in [0.25, 0.3) is 0 Å². The number of unbranched alkanes of at least 4 members (excludes halogenated alkanes) is 4. The van der Waals surface area contributed by atoms with E-state index in [2.05, 4.69) is 177 Å². The predicted molar refractivity (Wildman–Crippen MR) is 217 cm³/mol. The fraction of sp³-hybridized carbons (Fsp3) is 0.348. The van der Waals surface area contributed by atoms with Gasteiger partial charge in [-0.15, -0.1) is 0 Å². The van der Waals surface area contributed by atoms with Crippen LogP contribution in [-0.4, -0.2) is 10.7 Å². The molecule has 4 heteroatoms. The summed E-state index contributed by atoms with van der Waals surface area (Å²) in [6.45, 7) is 10.6. The minimum absolute atomic E-state index is 0.895. The Morgan fingerprint density at radius 2 is 0.800 bits per heavy atom. The summed E-state index contributed by atoms with van der Waals surface area (Å²) in [7, 11) is 0. The number of benzene rings is 2. The molecule has 0 fully saturated rings. The zero-order valence-electron chi connectivity index (χ0n) is 30.2. The van der Waals surface area contributed by atoms with Gasteiger partial charge in [0.1, 0.15) is 13.1 Å². The molecule has 256 valence electrons. The van der Waals surface area contributed by atoms with Gasteiger partial charge >= 0.3 is 0 Å². The third-order valence-corrected chi connectivity index (χ3v) is 8.86. The molecule has 0 N–H and O–H groups in total. The molecule has 0 atom stereocenters. The van der Waals surface area contributed by atoms with Crippen LogP contribution < -0.4 is 9.13 Å². The van der Waals surface area contributed by atoms with Crippen molar-refractivity contribution in [3.8, 4) is 47.4 Å². The normalized spacial score (nSPS) is 9.72. The molecule has 2 heterocycles. The summed E-state index contributed by atoms with van der Waals surface area (Å²) < 4.78 is 4.59. The minimum atomic E-state index is 0.895. The van der Waals surface area contributed by atoms with E-state index in [1.165, 1.54) is 22.5 Å². The fourth-order valence-electron chi connectivity index (χ4n) is 5.07. The smallest absolute Gasteiger partial charge is 0.178 e. The summed E-state index contributed by atoms with van der Waals surface area (Å²) in [6.07, 6.45) is 12.3. The number of alkyl halides is 2. The SMILES string of the molecule is BrCCCC#Cc1cccc(C#CCCCBr)c1.Cc1cc[n+](CCCC#Cc2cccc(C#CCCC[n+]3ccc(C)cc3C)c2)c(C)c1. The third-order valence-electron chi connectivity index (χ3n) is 7.74. The lowest BCUT2D eigenvalue weighted by Crippen LogP contribution is -2.36. The molecule has 0 aliphatic rings. The van der Waals surface area contributed by atoms with Crippen LogP contribution in [0, 0.1) is 75.1 Å². The van der Waals surface area contributed by atoms with Crippen LogP contribution in [0.4, 0.5) is 0 Å². The van der Waals surface area contributed by atoms with E-state index in [0.717, 1.165) is 97.4 Å². The first-order chi connectivity index (χ1) is 24.4. The van der Waals surface area contributed by atoms with Gasteiger partial charge in [0.15, 0.2) is 23.8 Å². The summed E-state index contributed by atoms with van der Waals surface area (Å²) in [5, 5.41) is 2.03. The Morgan fingerprint density at radius 3 is 1.12 bits per heavy atom. The second-order valence-corrected chi connectivity index (χ2v) is 13.8. The van der Waals surface area contributed by atoms with Gasteiger partial charge in [-0.3, -0.25) is 0 Å². The highest BCUT2D eigenvalue weighted by atomic mass is 79.9. The summed E-state index contributed by atoms with van der Waals surface area (Å²) in [6, 6.07) is 25.2. The van der Waals surface area contributed by atoms with Crippen molar-refractivity contribution >= 4 is 31.9 Å². The maximum absolute atomic E-state index is 3.40. The summed E-state index contributed by atoms with van der Waals surface area (Å²) in [4.78, 5) is 0. The average molecular weight is 791 g/mol. The van der Waals surface area contributed by atoms with Crippen LogP contribution in [0.15, 0.2) is 85.2 Å². The van der Waals surface area contributed by atoms with Gasteiger partial charge in [-0.2, -0.15) is 0 Å². The van der Waals surface area contributed by atoms with Gasteiger partial charge in [0.05, 0.1) is 0 Å². The van der Waals surface area contributed by atoms with Crippen molar-refractivity contribution in [3.63, 3.8) is 0 Å². The monoisotopic (exact) mass is 788 g/mol. The molecule has 0 aliphatic heterocycles. The lowest BCUT2D eigenvalue weighted by Gasteiger charge is -2.00. The second kappa shape index (κ2) is 24.2. The quantitative estimate of drug-likeness (QED) is 0.0655. The zero-order valence-corrected chi connectivity index (χ0v) is 33.4. The van der Waals surface area contributed by atoms with Crippen LogP contribution in [0.1, 0.15) is 96.1 Å². The molecule has 0 saturated heterocycles. The van der Waals surface area contributed by atoms with Crippen molar-refractivity contribution < 1.29 is 9.13 Å². The van der Waals surface area contributed by atoms with E-state index < -0.39 is 0 Å². The number of hydrogen-bond acceptors (Lipinski definition) is 0. The Balaban J connectivity index is 0.000000319. The number of pyridine rings is 2. The highest BCUT2D eigenvalue weighted by Crippen LogP contribution is 2.06. The zero-order chi connectivity index (χ0) is 35.8. The number of aromatic nitrogens is 2. The third kappa shape index (κ3) is 16.6. The molecule has 0 amide bonds. The van der Waals surface area contributed by atoms with Crippen LogP contribution >= 0.6 is 31.9 Å². The molecule has 0 radical (unpaired) electrons. The van der Waals surface area contributed by atoms with Gasteiger partial charge in [0.25, 0.3) is 0 Å². The second-order valence-electron chi connectivity index (χ2n) is 12.2. The number of hydrogen-bond donors (Lipinski definition) is 0. The molecule has 0 aliphatic carbocycles. The van der Waals surface area contributed by atoms with E-state index >= 15 is 0 Å². The van der Waals surface area contributed by atoms with Gasteiger partial charge in [0, 0.05) is 110 Å². The molecule has 0 spiro atoms. The Labute approximate surface area is 319 Å². The van der Waals surface area contributed by atoms with Gasteiger partial charge in [-0.1, -0.05) is 91.4 Å². The van der Waals surface area contributed by atoms with Crippen LogP contribution in [0.5, 0.6) is 0 Å². The van der Waals surface area contributed by atoms with Gasteiger partial charge in [0.2, 0.25) is 0 Å². The number of halogens is 2. The van der Waals surface area contributed by atoms with Crippen molar-refractivity contribution in [2.24, 2.45) is 0 Å². The molecule has 4 rings (SSSR count). The van der Waals surface area contributed by atoms with Crippen molar-refractivity contribution in [2.75, 3.05) is 10.7 Å². The average Bonchev–Trinajstić information content (AvgIpc) is 3.11. The maximum atomic E-state index is 3.40. The lowest BCUT2D eigenvalue weighted by molar-refractivity contribution is -0.703. The van der Waals surface area contributed by atoms with E-state index in [1.54, 1.807) is 0 Å². The lowest BCUT2D eigenvalue weighted by atomic mass is 10.1. The van der Waals surface area contributed by atoms with Crippen molar-refractivity contribution in [2.45, 2.75) is 92.2 Å². The van der Waals surface area contributed by atoms with E-state index in [-0.39, 0.29) is 0 Å². The van der Waals surface area contributed by atoms with E-state index in [4.69, 9.17) is 0 Å². The van der Waals surface area contributed by atoms with Gasteiger partial charge in [-0.05, 0) is 74.2 Å². The summed E-state index contributed by atoms with van der Waals surface area (Å²) in [5.41, 5.74) is 9.41. The number of nitrogens with zero attached hydrogens (tertiary/aromatic N) is 2. The molecule has 0 saturated carbocycles. The van der Waals surface area contributed by atoms with Gasteiger partial charge < -0.3 is 0 Å². The molecule has 2 aromatic carbocycles. The Morgan fingerprint density at radius 1 is 0.460 bits per heavy atom. The largest absolute Gasteiger partial charge is 0.203 e. The van der Waals surface area contributed by atoms with Crippen LogP contribution in [0.2, 0.25) is 0 Å². The van der Waals surface area contributed by atoms with Crippen molar-refractivity contribution in [1.29, 1.82) is 0 Å². The minimum Gasteiger partial charge on any atom is -0.203 e. The molecule has 50 heavy (non-hydrogen) atoms. The molecular weight excluding hydrogens is 740 g/mol. The fourth-order valence-corrected chi connectivity index (χ4v) is 5.63. The molecule has 2 aromatic heterocycles. The maximum Gasteiger partial charge on any atom is 0.178 e. The first-order valence-electron chi connectivity index (χ1n) is 17.6. The van der Waals surface area contributed by atoms with Crippen LogP contribution in [-0.2, 0) is 13.1 Å².